The molecule has 1 aromatic heterocycles. The number of nitrogens with two attached hydrogens (primary N) is 1. The summed E-state index contributed by atoms with van der Waals surface area (Å²) in [7, 11) is 0. The zero-order chi connectivity index (χ0) is 14.5. The Balaban J connectivity index is 1.78. The van der Waals surface area contributed by atoms with Crippen molar-refractivity contribution in [2.75, 3.05) is 0 Å². The predicted molar refractivity (Wildman–Crippen MR) is 81.9 cm³/mol. The van der Waals surface area contributed by atoms with Crippen LogP contribution in [-0.4, -0.2) is 9.97 Å². The maximum Gasteiger partial charge on any atom is 0.238 e. The monoisotopic (exact) mass is 277 g/mol. The molecule has 1 heterocycles. The van der Waals surface area contributed by atoms with Gasteiger partial charge in [-0.2, -0.15) is 0 Å². The molecule has 2 aromatic carbocycles. The van der Waals surface area contributed by atoms with E-state index >= 15 is 0 Å². The van der Waals surface area contributed by atoms with Gasteiger partial charge in [-0.15, -0.1) is 0 Å². The molecular weight excluding hydrogens is 262 g/mol. The van der Waals surface area contributed by atoms with E-state index in [1.807, 2.05) is 42.5 Å². The van der Waals surface area contributed by atoms with E-state index in [1.54, 1.807) is 12.4 Å². The summed E-state index contributed by atoms with van der Waals surface area (Å²) >= 11 is 0. The lowest BCUT2D eigenvalue weighted by Crippen LogP contribution is -2.01. The van der Waals surface area contributed by atoms with Crippen molar-refractivity contribution in [3.05, 3.63) is 72.7 Å². The molecule has 0 atom stereocenters. The molecule has 0 aliphatic carbocycles. The SMILES string of the molecule is NCc1cncc(Oc2ccc(-c3ccccc3)cc2)n1. The summed E-state index contributed by atoms with van der Waals surface area (Å²) in [5.74, 6) is 1.17. The lowest BCUT2D eigenvalue weighted by Gasteiger charge is -2.07. The Bertz CT molecular complexity index is 712. The average Bonchev–Trinajstić information content (AvgIpc) is 2.56. The van der Waals surface area contributed by atoms with Crippen molar-refractivity contribution < 1.29 is 4.74 Å². The van der Waals surface area contributed by atoms with Crippen molar-refractivity contribution in [3.8, 4) is 22.8 Å². The lowest BCUT2D eigenvalue weighted by molar-refractivity contribution is 0.457. The Hall–Kier alpha value is -2.72. The highest BCUT2D eigenvalue weighted by Gasteiger charge is 2.02. The third-order valence-corrected chi connectivity index (χ3v) is 3.06. The maximum absolute atomic E-state index is 5.68. The molecule has 0 saturated heterocycles. The molecule has 104 valence electrons. The van der Waals surface area contributed by atoms with Crippen molar-refractivity contribution in [2.24, 2.45) is 5.73 Å². The topological polar surface area (TPSA) is 61.0 Å². The summed E-state index contributed by atoms with van der Waals surface area (Å²) in [6.45, 7) is 0.344. The van der Waals surface area contributed by atoms with Gasteiger partial charge >= 0.3 is 0 Å². The van der Waals surface area contributed by atoms with Crippen LogP contribution >= 0.6 is 0 Å². The van der Waals surface area contributed by atoms with Gasteiger partial charge in [0.1, 0.15) is 5.75 Å². The lowest BCUT2D eigenvalue weighted by atomic mass is 10.1. The van der Waals surface area contributed by atoms with Crippen LogP contribution < -0.4 is 10.5 Å². The van der Waals surface area contributed by atoms with Gasteiger partial charge in [0.2, 0.25) is 5.88 Å². The third kappa shape index (κ3) is 3.24. The van der Waals surface area contributed by atoms with Crippen molar-refractivity contribution in [1.29, 1.82) is 0 Å². The molecule has 0 amide bonds. The Morgan fingerprint density at radius 2 is 1.57 bits per heavy atom. The second-order valence-electron chi connectivity index (χ2n) is 4.55. The van der Waals surface area contributed by atoms with Crippen LogP contribution in [0.5, 0.6) is 11.6 Å². The molecule has 3 aromatic rings. The Morgan fingerprint density at radius 1 is 0.857 bits per heavy atom. The van der Waals surface area contributed by atoms with E-state index in [0.717, 1.165) is 11.3 Å². The minimum Gasteiger partial charge on any atom is -0.437 e. The van der Waals surface area contributed by atoms with Crippen LogP contribution in [0.25, 0.3) is 11.1 Å². The van der Waals surface area contributed by atoms with Gasteiger partial charge in [0, 0.05) is 12.7 Å². The normalized spacial score (nSPS) is 10.3. The summed E-state index contributed by atoms with van der Waals surface area (Å²) in [6.07, 6.45) is 3.20. The zero-order valence-electron chi connectivity index (χ0n) is 11.4. The van der Waals surface area contributed by atoms with Gasteiger partial charge in [0.15, 0.2) is 0 Å². The van der Waals surface area contributed by atoms with E-state index < -0.39 is 0 Å². The molecule has 0 bridgehead atoms. The first-order valence-corrected chi connectivity index (χ1v) is 6.69. The minimum absolute atomic E-state index is 0.344. The Kier molecular flexibility index (Phi) is 3.89. The maximum atomic E-state index is 5.68. The van der Waals surface area contributed by atoms with Crippen molar-refractivity contribution in [2.45, 2.75) is 6.54 Å². The fraction of sp³-hybridized carbons (Fsp3) is 0.0588. The van der Waals surface area contributed by atoms with E-state index in [2.05, 4.69) is 22.1 Å². The van der Waals surface area contributed by atoms with Crippen molar-refractivity contribution >= 4 is 0 Å². The van der Waals surface area contributed by atoms with Crippen molar-refractivity contribution in [3.63, 3.8) is 0 Å². The van der Waals surface area contributed by atoms with Crippen LogP contribution in [0.2, 0.25) is 0 Å². The molecule has 0 aliphatic heterocycles. The van der Waals surface area contributed by atoms with Crippen LogP contribution in [0, 0.1) is 0 Å². The predicted octanol–water partition coefficient (Wildman–Crippen LogP) is 3.39. The molecule has 21 heavy (non-hydrogen) atoms. The van der Waals surface area contributed by atoms with E-state index in [4.69, 9.17) is 10.5 Å². The van der Waals surface area contributed by atoms with Gasteiger partial charge in [-0.05, 0) is 23.3 Å². The molecule has 0 aliphatic rings. The molecule has 0 saturated carbocycles. The zero-order valence-corrected chi connectivity index (χ0v) is 11.4. The van der Waals surface area contributed by atoms with E-state index in [1.165, 1.54) is 5.56 Å². The Morgan fingerprint density at radius 3 is 2.29 bits per heavy atom. The largest absolute Gasteiger partial charge is 0.437 e. The van der Waals surface area contributed by atoms with E-state index in [0.29, 0.717) is 18.1 Å². The van der Waals surface area contributed by atoms with Gasteiger partial charge < -0.3 is 10.5 Å². The smallest absolute Gasteiger partial charge is 0.238 e. The highest BCUT2D eigenvalue weighted by molar-refractivity contribution is 5.63. The fourth-order valence-electron chi connectivity index (χ4n) is 2.00. The average molecular weight is 277 g/mol. The van der Waals surface area contributed by atoms with Crippen LogP contribution in [0.4, 0.5) is 0 Å². The highest BCUT2D eigenvalue weighted by Crippen LogP contribution is 2.24. The van der Waals surface area contributed by atoms with Crippen LogP contribution in [-0.2, 0) is 6.54 Å². The third-order valence-electron chi connectivity index (χ3n) is 3.06. The van der Waals surface area contributed by atoms with E-state index in [-0.39, 0.29) is 0 Å². The number of aromatic nitrogens is 2. The number of ether oxygens (including phenoxy) is 1. The van der Waals surface area contributed by atoms with Gasteiger partial charge in [-0.3, -0.25) is 4.98 Å². The van der Waals surface area contributed by atoms with Crippen LogP contribution in [0.1, 0.15) is 5.69 Å². The van der Waals surface area contributed by atoms with E-state index in [9.17, 15) is 0 Å². The molecule has 4 nitrogen and oxygen atoms in total. The Labute approximate surface area is 123 Å². The molecule has 0 unspecified atom stereocenters. The van der Waals surface area contributed by atoms with Crippen LogP contribution in [0.3, 0.4) is 0 Å². The summed E-state index contributed by atoms with van der Waals surface area (Å²) in [6, 6.07) is 18.1. The van der Waals surface area contributed by atoms with Gasteiger partial charge in [-0.25, -0.2) is 4.98 Å². The molecule has 2 N–H and O–H groups in total. The first-order valence-electron chi connectivity index (χ1n) is 6.69. The number of nitrogens with zero attached hydrogens (tertiary/aromatic N) is 2. The summed E-state index contributed by atoms with van der Waals surface area (Å²) in [4.78, 5) is 8.31. The highest BCUT2D eigenvalue weighted by atomic mass is 16.5. The summed E-state index contributed by atoms with van der Waals surface area (Å²) in [5, 5.41) is 0. The number of rotatable bonds is 4. The molecule has 0 radical (unpaired) electrons. The van der Waals surface area contributed by atoms with Gasteiger partial charge in [0.25, 0.3) is 0 Å². The molecule has 4 heteroatoms. The second kappa shape index (κ2) is 6.15. The molecule has 0 fully saturated rings. The summed E-state index contributed by atoms with van der Waals surface area (Å²) < 4.78 is 5.68. The first-order chi connectivity index (χ1) is 10.3. The van der Waals surface area contributed by atoms with Crippen molar-refractivity contribution in [1.82, 2.24) is 9.97 Å². The molecular formula is C17H15N3O. The molecule has 0 spiro atoms. The fourth-order valence-corrected chi connectivity index (χ4v) is 2.00. The number of hydrogen-bond acceptors (Lipinski definition) is 4. The first kappa shape index (κ1) is 13.3. The number of benzene rings is 2. The number of hydrogen-bond donors (Lipinski definition) is 1. The van der Waals surface area contributed by atoms with Gasteiger partial charge in [0.05, 0.1) is 11.9 Å². The standard InChI is InChI=1S/C17H15N3O/c18-10-15-11-19-12-17(20-15)21-16-8-6-14(7-9-16)13-4-2-1-3-5-13/h1-9,11-12H,10,18H2. The van der Waals surface area contributed by atoms with Gasteiger partial charge in [-0.1, -0.05) is 42.5 Å². The molecule has 3 rings (SSSR count). The summed E-state index contributed by atoms with van der Waals surface area (Å²) in [5.41, 5.74) is 8.56. The van der Waals surface area contributed by atoms with Crippen LogP contribution in [0.15, 0.2) is 67.0 Å². The quantitative estimate of drug-likeness (QED) is 0.794. The second-order valence-corrected chi connectivity index (χ2v) is 4.55. The minimum atomic E-state index is 0.344.